The fourth-order valence-corrected chi connectivity index (χ4v) is 3.15. The molecule has 0 atom stereocenters. The lowest BCUT2D eigenvalue weighted by Gasteiger charge is -2.15. The molecule has 0 amide bonds. The third-order valence-corrected chi connectivity index (χ3v) is 4.23. The number of allylic oxidation sites excluding steroid dienone is 1. The first-order valence-electron chi connectivity index (χ1n) is 7.71. The van der Waals surface area contributed by atoms with Crippen molar-refractivity contribution in [2.24, 2.45) is 0 Å². The molecular formula is C19H19NO3. The Balaban J connectivity index is 2.18. The van der Waals surface area contributed by atoms with Crippen LogP contribution in [0.15, 0.2) is 47.3 Å². The maximum atomic E-state index is 12.5. The van der Waals surface area contributed by atoms with Crippen molar-refractivity contribution in [3.05, 3.63) is 69.5 Å². The van der Waals surface area contributed by atoms with E-state index in [0.29, 0.717) is 6.54 Å². The Morgan fingerprint density at radius 2 is 1.96 bits per heavy atom. The number of hydrogen-bond acceptors (Lipinski definition) is 2. The Morgan fingerprint density at radius 1 is 1.22 bits per heavy atom. The van der Waals surface area contributed by atoms with Crippen molar-refractivity contribution in [1.82, 2.24) is 4.57 Å². The van der Waals surface area contributed by atoms with E-state index in [-0.39, 0.29) is 5.56 Å². The number of aromatic carboxylic acids is 1. The van der Waals surface area contributed by atoms with Crippen LogP contribution < -0.4 is 5.56 Å². The first kappa shape index (κ1) is 15.3. The molecule has 1 N–H and O–H groups in total. The number of carboxylic acid groups (broad SMARTS) is 1. The summed E-state index contributed by atoms with van der Waals surface area (Å²) in [4.78, 5) is 23.7. The molecule has 0 aliphatic heterocycles. The summed E-state index contributed by atoms with van der Waals surface area (Å²) in [5.41, 5.74) is 4.47. The minimum absolute atomic E-state index is 0.212. The molecule has 1 aliphatic carbocycles. The lowest BCUT2D eigenvalue weighted by molar-refractivity contribution is 0.0694. The Morgan fingerprint density at radius 3 is 2.65 bits per heavy atom. The number of nitrogens with zero attached hydrogens (tertiary/aromatic N) is 1. The fraction of sp³-hybridized carbons (Fsp3) is 0.263. The van der Waals surface area contributed by atoms with Gasteiger partial charge in [-0.05, 0) is 61.1 Å². The summed E-state index contributed by atoms with van der Waals surface area (Å²) < 4.78 is 1.50. The molecule has 3 rings (SSSR count). The summed E-state index contributed by atoms with van der Waals surface area (Å²) in [6.45, 7) is 5.99. The van der Waals surface area contributed by atoms with E-state index in [1.165, 1.54) is 21.8 Å². The van der Waals surface area contributed by atoms with Crippen LogP contribution >= 0.6 is 0 Å². The molecule has 1 aromatic heterocycles. The van der Waals surface area contributed by atoms with Crippen LogP contribution in [0.5, 0.6) is 0 Å². The molecule has 0 saturated carbocycles. The molecule has 0 fully saturated rings. The van der Waals surface area contributed by atoms with Crippen LogP contribution in [0.3, 0.4) is 0 Å². The van der Waals surface area contributed by atoms with Gasteiger partial charge in [0.2, 0.25) is 0 Å². The molecule has 0 spiro atoms. The number of carboxylic acids is 1. The second-order valence-corrected chi connectivity index (χ2v) is 6.12. The van der Waals surface area contributed by atoms with Crippen LogP contribution in [-0.4, -0.2) is 15.6 Å². The van der Waals surface area contributed by atoms with Gasteiger partial charge in [0.25, 0.3) is 5.56 Å². The number of benzene rings is 1. The number of fused-ring (bicyclic) bond motifs is 1. The summed E-state index contributed by atoms with van der Waals surface area (Å²) in [7, 11) is 0. The highest BCUT2D eigenvalue weighted by molar-refractivity contribution is 5.87. The van der Waals surface area contributed by atoms with Gasteiger partial charge in [0.1, 0.15) is 5.56 Å². The first-order chi connectivity index (χ1) is 11.0. The fourth-order valence-electron chi connectivity index (χ4n) is 3.15. The van der Waals surface area contributed by atoms with Crippen molar-refractivity contribution in [3.8, 4) is 11.3 Å². The third-order valence-electron chi connectivity index (χ3n) is 4.23. The summed E-state index contributed by atoms with van der Waals surface area (Å²) in [5.74, 6) is -1.20. The number of rotatable bonds is 4. The van der Waals surface area contributed by atoms with Gasteiger partial charge < -0.3 is 9.67 Å². The monoisotopic (exact) mass is 309 g/mol. The Hall–Kier alpha value is -2.62. The number of pyridine rings is 1. The van der Waals surface area contributed by atoms with E-state index in [4.69, 9.17) is 0 Å². The van der Waals surface area contributed by atoms with Crippen LogP contribution in [-0.2, 0) is 19.4 Å². The Kier molecular flexibility index (Phi) is 3.90. The van der Waals surface area contributed by atoms with E-state index in [1.807, 2.05) is 13.0 Å². The Labute approximate surface area is 134 Å². The number of hydrogen-bond donors (Lipinski definition) is 1. The quantitative estimate of drug-likeness (QED) is 0.882. The van der Waals surface area contributed by atoms with Gasteiger partial charge in [-0.15, -0.1) is 0 Å². The van der Waals surface area contributed by atoms with E-state index in [1.54, 1.807) is 6.07 Å². The van der Waals surface area contributed by atoms with Crippen molar-refractivity contribution in [3.63, 3.8) is 0 Å². The highest BCUT2D eigenvalue weighted by Gasteiger charge is 2.17. The maximum Gasteiger partial charge on any atom is 0.341 e. The molecule has 0 unspecified atom stereocenters. The SMILES string of the molecule is C=C(C)Cn1c(-c2ccc3c(c2)CCC3)ccc(C(=O)O)c1=O. The molecule has 1 heterocycles. The Bertz CT molecular complexity index is 861. The normalized spacial score (nSPS) is 12.9. The van der Waals surface area contributed by atoms with Gasteiger partial charge in [0, 0.05) is 6.54 Å². The average Bonchev–Trinajstić information content (AvgIpc) is 2.95. The molecule has 4 heteroatoms. The topological polar surface area (TPSA) is 59.3 Å². The summed E-state index contributed by atoms with van der Waals surface area (Å²) >= 11 is 0. The lowest BCUT2D eigenvalue weighted by atomic mass is 10.0. The van der Waals surface area contributed by atoms with Crippen LogP contribution in [0.25, 0.3) is 11.3 Å². The second kappa shape index (κ2) is 5.88. The molecule has 23 heavy (non-hydrogen) atoms. The van der Waals surface area contributed by atoms with Crippen molar-refractivity contribution in [2.45, 2.75) is 32.7 Å². The van der Waals surface area contributed by atoms with Gasteiger partial charge in [0.05, 0.1) is 5.69 Å². The summed E-state index contributed by atoms with van der Waals surface area (Å²) in [5, 5.41) is 9.18. The molecule has 1 aliphatic rings. The minimum Gasteiger partial charge on any atom is -0.477 e. The van der Waals surface area contributed by atoms with Crippen LogP contribution in [0.2, 0.25) is 0 Å². The van der Waals surface area contributed by atoms with Gasteiger partial charge in [-0.3, -0.25) is 4.79 Å². The van der Waals surface area contributed by atoms with Crippen molar-refractivity contribution in [1.29, 1.82) is 0 Å². The zero-order valence-electron chi connectivity index (χ0n) is 13.1. The summed E-state index contributed by atoms with van der Waals surface area (Å²) in [6.07, 6.45) is 3.32. The zero-order chi connectivity index (χ0) is 16.6. The average molecular weight is 309 g/mol. The zero-order valence-corrected chi connectivity index (χ0v) is 13.1. The van der Waals surface area contributed by atoms with Crippen LogP contribution in [0.4, 0.5) is 0 Å². The van der Waals surface area contributed by atoms with Gasteiger partial charge in [-0.25, -0.2) is 4.79 Å². The van der Waals surface area contributed by atoms with Crippen LogP contribution in [0.1, 0.15) is 34.8 Å². The van der Waals surface area contributed by atoms with Gasteiger partial charge in [0.15, 0.2) is 0 Å². The second-order valence-electron chi connectivity index (χ2n) is 6.12. The van der Waals surface area contributed by atoms with E-state index < -0.39 is 11.5 Å². The smallest absolute Gasteiger partial charge is 0.341 e. The van der Waals surface area contributed by atoms with E-state index >= 15 is 0 Å². The van der Waals surface area contributed by atoms with Gasteiger partial charge in [-0.2, -0.15) is 0 Å². The molecule has 2 aromatic rings. The number of aryl methyl sites for hydroxylation is 2. The maximum absolute atomic E-state index is 12.5. The highest BCUT2D eigenvalue weighted by Crippen LogP contribution is 2.28. The predicted octanol–water partition coefficient (Wildman–Crippen LogP) is 3.28. The van der Waals surface area contributed by atoms with E-state index in [2.05, 4.69) is 18.7 Å². The van der Waals surface area contributed by atoms with Crippen molar-refractivity contribution >= 4 is 5.97 Å². The van der Waals surface area contributed by atoms with Crippen molar-refractivity contribution < 1.29 is 9.90 Å². The van der Waals surface area contributed by atoms with Gasteiger partial charge in [-0.1, -0.05) is 24.3 Å². The van der Waals surface area contributed by atoms with Crippen LogP contribution in [0, 0.1) is 0 Å². The number of carbonyl (C=O) groups is 1. The molecule has 4 nitrogen and oxygen atoms in total. The molecule has 1 aromatic carbocycles. The molecule has 0 radical (unpaired) electrons. The molecule has 0 bridgehead atoms. The number of aromatic nitrogens is 1. The minimum atomic E-state index is -1.20. The largest absolute Gasteiger partial charge is 0.477 e. The van der Waals surface area contributed by atoms with E-state index in [9.17, 15) is 14.7 Å². The van der Waals surface area contributed by atoms with E-state index in [0.717, 1.165) is 36.1 Å². The predicted molar refractivity (Wildman–Crippen MR) is 89.9 cm³/mol. The molecular weight excluding hydrogens is 290 g/mol. The summed E-state index contributed by atoms with van der Waals surface area (Å²) in [6, 6.07) is 9.34. The van der Waals surface area contributed by atoms with Crippen molar-refractivity contribution in [2.75, 3.05) is 0 Å². The highest BCUT2D eigenvalue weighted by atomic mass is 16.4. The standard InChI is InChI=1S/C19H19NO3/c1-12(2)11-20-17(9-8-16(18(20)21)19(22)23)15-7-6-13-4-3-5-14(13)10-15/h6-10H,1,3-5,11H2,2H3,(H,22,23). The molecule has 0 saturated heterocycles. The van der Waals surface area contributed by atoms with Gasteiger partial charge >= 0.3 is 5.97 Å². The lowest BCUT2D eigenvalue weighted by Crippen LogP contribution is -2.27. The first-order valence-corrected chi connectivity index (χ1v) is 7.71. The third kappa shape index (κ3) is 2.84. The molecule has 118 valence electrons.